The first-order valence-corrected chi connectivity index (χ1v) is 7.95. The number of alkyl halides is 1. The van der Waals surface area contributed by atoms with Gasteiger partial charge in [-0.25, -0.2) is 4.39 Å². The quantitative estimate of drug-likeness (QED) is 0.475. The van der Waals surface area contributed by atoms with Gasteiger partial charge in [-0.1, -0.05) is 40.2 Å². The van der Waals surface area contributed by atoms with Crippen LogP contribution in [-0.4, -0.2) is 5.33 Å². The van der Waals surface area contributed by atoms with Crippen LogP contribution in [-0.2, 0) is 6.42 Å². The van der Waals surface area contributed by atoms with E-state index in [0.29, 0.717) is 5.92 Å². The molecule has 0 N–H and O–H groups in total. The van der Waals surface area contributed by atoms with Crippen molar-refractivity contribution in [2.24, 2.45) is 0 Å². The zero-order valence-electron chi connectivity index (χ0n) is 9.74. The lowest BCUT2D eigenvalue weighted by Gasteiger charge is -2.14. The number of rotatable bonds is 4. The summed E-state index contributed by atoms with van der Waals surface area (Å²) in [4.78, 5) is 0. The molecule has 1 unspecified atom stereocenters. The summed E-state index contributed by atoms with van der Waals surface area (Å²) in [6.07, 6.45) is 0.966. The standard InChI is InChI=1S/C15H13BrFI/c16-10-13(12-3-5-14(17)6-4-12)9-11-1-7-15(18)8-2-11/h1-8,13H,9-10H2. The van der Waals surface area contributed by atoms with E-state index in [9.17, 15) is 4.39 Å². The Morgan fingerprint density at radius 2 is 1.61 bits per heavy atom. The van der Waals surface area contributed by atoms with E-state index < -0.39 is 0 Å². The van der Waals surface area contributed by atoms with Crippen LogP contribution in [0.5, 0.6) is 0 Å². The minimum atomic E-state index is -0.179. The average molecular weight is 419 g/mol. The summed E-state index contributed by atoms with van der Waals surface area (Å²) in [5.74, 6) is 0.201. The third-order valence-corrected chi connectivity index (χ3v) is 4.42. The van der Waals surface area contributed by atoms with Gasteiger partial charge in [0.2, 0.25) is 0 Å². The molecule has 0 amide bonds. The summed E-state index contributed by atoms with van der Waals surface area (Å²) >= 11 is 5.85. The minimum absolute atomic E-state index is 0.179. The SMILES string of the molecule is Fc1ccc(C(CBr)Cc2ccc(I)cc2)cc1. The predicted octanol–water partition coefficient (Wildman–Crippen LogP) is 5.15. The van der Waals surface area contributed by atoms with Gasteiger partial charge in [0.15, 0.2) is 0 Å². The summed E-state index contributed by atoms with van der Waals surface area (Å²) in [6, 6.07) is 15.3. The van der Waals surface area contributed by atoms with Crippen LogP contribution < -0.4 is 0 Å². The number of hydrogen-bond donors (Lipinski definition) is 0. The fourth-order valence-corrected chi connectivity index (χ4v) is 2.86. The first-order chi connectivity index (χ1) is 8.69. The van der Waals surface area contributed by atoms with E-state index in [1.165, 1.54) is 26.8 Å². The summed E-state index contributed by atoms with van der Waals surface area (Å²) in [7, 11) is 0. The molecule has 3 heteroatoms. The molecule has 0 aliphatic carbocycles. The molecule has 0 spiro atoms. The fourth-order valence-electron chi connectivity index (χ4n) is 1.90. The predicted molar refractivity (Wildman–Crippen MR) is 85.8 cm³/mol. The molecule has 0 aromatic heterocycles. The smallest absolute Gasteiger partial charge is 0.123 e. The molecule has 0 heterocycles. The monoisotopic (exact) mass is 418 g/mol. The Labute approximate surface area is 129 Å². The van der Waals surface area contributed by atoms with Gasteiger partial charge in [-0.15, -0.1) is 0 Å². The lowest BCUT2D eigenvalue weighted by molar-refractivity contribution is 0.625. The van der Waals surface area contributed by atoms with Gasteiger partial charge < -0.3 is 0 Å². The van der Waals surface area contributed by atoms with Gasteiger partial charge in [-0.2, -0.15) is 0 Å². The Kier molecular flexibility index (Phi) is 5.18. The van der Waals surface area contributed by atoms with Gasteiger partial charge in [-0.05, 0) is 70.3 Å². The van der Waals surface area contributed by atoms with E-state index >= 15 is 0 Å². The van der Waals surface area contributed by atoms with Gasteiger partial charge in [0.25, 0.3) is 0 Å². The normalized spacial score (nSPS) is 12.4. The highest BCUT2D eigenvalue weighted by Crippen LogP contribution is 2.23. The van der Waals surface area contributed by atoms with Crippen LogP contribution in [0.15, 0.2) is 48.5 Å². The molecule has 0 radical (unpaired) electrons. The Morgan fingerprint density at radius 3 is 2.17 bits per heavy atom. The maximum Gasteiger partial charge on any atom is 0.123 e. The van der Waals surface area contributed by atoms with Crippen LogP contribution in [0.25, 0.3) is 0 Å². The van der Waals surface area contributed by atoms with Crippen LogP contribution in [0.1, 0.15) is 17.0 Å². The highest BCUT2D eigenvalue weighted by molar-refractivity contribution is 14.1. The topological polar surface area (TPSA) is 0 Å². The molecule has 0 saturated heterocycles. The molecule has 1 atom stereocenters. The van der Waals surface area contributed by atoms with E-state index in [1.807, 2.05) is 12.1 Å². The van der Waals surface area contributed by atoms with Crippen molar-refractivity contribution >= 4 is 38.5 Å². The largest absolute Gasteiger partial charge is 0.207 e. The van der Waals surface area contributed by atoms with E-state index in [-0.39, 0.29) is 5.82 Å². The number of benzene rings is 2. The number of hydrogen-bond acceptors (Lipinski definition) is 0. The van der Waals surface area contributed by atoms with Gasteiger partial charge in [0, 0.05) is 8.90 Å². The second-order valence-electron chi connectivity index (χ2n) is 4.23. The number of halogens is 3. The lowest BCUT2D eigenvalue weighted by atomic mass is 9.94. The van der Waals surface area contributed by atoms with Gasteiger partial charge in [0.05, 0.1) is 0 Å². The van der Waals surface area contributed by atoms with Crippen molar-refractivity contribution in [1.29, 1.82) is 0 Å². The molecule has 0 saturated carbocycles. The zero-order valence-corrected chi connectivity index (χ0v) is 13.5. The van der Waals surface area contributed by atoms with E-state index in [1.54, 1.807) is 0 Å². The second-order valence-corrected chi connectivity index (χ2v) is 6.13. The van der Waals surface area contributed by atoms with E-state index in [4.69, 9.17) is 0 Å². The summed E-state index contributed by atoms with van der Waals surface area (Å²) < 4.78 is 14.2. The molecular formula is C15H13BrFI. The fraction of sp³-hybridized carbons (Fsp3) is 0.200. The Bertz CT molecular complexity index is 493. The van der Waals surface area contributed by atoms with Gasteiger partial charge in [0.1, 0.15) is 5.82 Å². The Morgan fingerprint density at radius 1 is 1.00 bits per heavy atom. The van der Waals surface area contributed by atoms with Gasteiger partial charge in [-0.3, -0.25) is 0 Å². The molecule has 2 rings (SSSR count). The van der Waals surface area contributed by atoms with Crippen LogP contribution in [0.3, 0.4) is 0 Å². The van der Waals surface area contributed by atoms with Crippen molar-refractivity contribution in [3.8, 4) is 0 Å². The maximum atomic E-state index is 12.9. The van der Waals surface area contributed by atoms with Crippen LogP contribution >= 0.6 is 38.5 Å². The molecule has 0 aliphatic heterocycles. The highest BCUT2D eigenvalue weighted by Gasteiger charge is 2.11. The van der Waals surface area contributed by atoms with Crippen molar-refractivity contribution in [3.63, 3.8) is 0 Å². The van der Waals surface area contributed by atoms with Crippen LogP contribution in [0, 0.1) is 9.39 Å². The van der Waals surface area contributed by atoms with Crippen molar-refractivity contribution in [3.05, 3.63) is 69.0 Å². The van der Waals surface area contributed by atoms with Crippen LogP contribution in [0.4, 0.5) is 4.39 Å². The minimum Gasteiger partial charge on any atom is -0.207 e. The molecule has 0 fully saturated rings. The Balaban J connectivity index is 2.14. The summed E-state index contributed by atoms with van der Waals surface area (Å²) in [6.45, 7) is 0. The Hall–Kier alpha value is -0.420. The molecule has 18 heavy (non-hydrogen) atoms. The molecule has 2 aromatic rings. The molecular weight excluding hydrogens is 406 g/mol. The van der Waals surface area contributed by atoms with Crippen molar-refractivity contribution < 1.29 is 4.39 Å². The molecule has 0 bridgehead atoms. The van der Waals surface area contributed by atoms with E-state index in [0.717, 1.165) is 11.8 Å². The van der Waals surface area contributed by atoms with Crippen molar-refractivity contribution in [1.82, 2.24) is 0 Å². The third-order valence-electron chi connectivity index (χ3n) is 2.92. The van der Waals surface area contributed by atoms with Gasteiger partial charge >= 0.3 is 0 Å². The first kappa shape index (κ1) is 14.0. The van der Waals surface area contributed by atoms with E-state index in [2.05, 4.69) is 62.8 Å². The zero-order chi connectivity index (χ0) is 13.0. The molecule has 0 nitrogen and oxygen atoms in total. The van der Waals surface area contributed by atoms with Crippen molar-refractivity contribution in [2.75, 3.05) is 5.33 Å². The summed E-state index contributed by atoms with van der Waals surface area (Å²) in [5, 5.41) is 0.880. The lowest BCUT2D eigenvalue weighted by Crippen LogP contribution is -2.04. The highest BCUT2D eigenvalue weighted by atomic mass is 127. The molecule has 94 valence electrons. The molecule has 2 aromatic carbocycles. The maximum absolute atomic E-state index is 12.9. The first-order valence-electron chi connectivity index (χ1n) is 5.75. The summed E-state index contributed by atoms with van der Waals surface area (Å²) in [5.41, 5.74) is 2.48. The third kappa shape index (κ3) is 3.79. The van der Waals surface area contributed by atoms with Crippen molar-refractivity contribution in [2.45, 2.75) is 12.3 Å². The van der Waals surface area contributed by atoms with Crippen LogP contribution in [0.2, 0.25) is 0 Å². The second kappa shape index (κ2) is 6.66. The molecule has 0 aliphatic rings. The average Bonchev–Trinajstić information content (AvgIpc) is 2.39.